The maximum Gasteiger partial charge on any atom is 0.0425 e. The van der Waals surface area contributed by atoms with E-state index in [1.807, 2.05) is 0 Å². The average molecular weight is 139 g/mol. The van der Waals surface area contributed by atoms with Gasteiger partial charge >= 0.3 is 0 Å². The van der Waals surface area contributed by atoms with Crippen LogP contribution < -0.4 is 0 Å². The second-order valence-corrected chi connectivity index (χ2v) is 4.08. The monoisotopic (exact) mass is 139 g/mol. The number of rotatable bonds is 0. The van der Waals surface area contributed by atoms with E-state index in [0.29, 0.717) is 17.5 Å². The number of nitrogens with zero attached hydrogens (tertiary/aromatic N) is 1. The third-order valence-corrected chi connectivity index (χ3v) is 3.75. The Kier molecular flexibility index (Phi) is 0.783. The van der Waals surface area contributed by atoms with E-state index in [9.17, 15) is 5.21 Å². The first-order chi connectivity index (χ1) is 4.84. The van der Waals surface area contributed by atoms with Gasteiger partial charge in [-0.3, -0.25) is 0 Å². The van der Waals surface area contributed by atoms with Crippen LogP contribution >= 0.6 is 0 Å². The molecule has 0 aromatic heterocycles. The summed E-state index contributed by atoms with van der Waals surface area (Å²) in [6.45, 7) is 0. The van der Waals surface area contributed by atoms with Crippen LogP contribution in [0.4, 0.5) is 0 Å². The number of piperidine rings is 1. The maximum atomic E-state index is 9.44. The Morgan fingerprint density at radius 2 is 1.80 bits per heavy atom. The fourth-order valence-corrected chi connectivity index (χ4v) is 3.04. The minimum absolute atomic E-state index is 0.561. The second-order valence-electron chi connectivity index (χ2n) is 4.08. The van der Waals surface area contributed by atoms with Crippen molar-refractivity contribution in [1.29, 1.82) is 0 Å². The highest BCUT2D eigenvalue weighted by Crippen LogP contribution is 2.66. The molecule has 2 saturated heterocycles. The highest BCUT2D eigenvalue weighted by atomic mass is 16.5. The van der Waals surface area contributed by atoms with E-state index in [1.165, 1.54) is 32.1 Å². The molecule has 2 nitrogen and oxygen atoms in total. The van der Waals surface area contributed by atoms with E-state index in [-0.39, 0.29) is 0 Å². The molecule has 0 radical (unpaired) electrons. The van der Waals surface area contributed by atoms with Crippen LogP contribution in [-0.4, -0.2) is 22.4 Å². The summed E-state index contributed by atoms with van der Waals surface area (Å²) in [6, 6.07) is 1.12. The third-order valence-electron chi connectivity index (χ3n) is 3.75. The first-order valence-electron chi connectivity index (χ1n) is 4.32. The van der Waals surface area contributed by atoms with Crippen molar-refractivity contribution in [1.82, 2.24) is 5.06 Å². The van der Waals surface area contributed by atoms with Gasteiger partial charge in [0, 0.05) is 17.5 Å². The summed E-state index contributed by atoms with van der Waals surface area (Å²) < 4.78 is 0. The molecule has 0 amide bonds. The number of hydrogen-bond acceptors (Lipinski definition) is 2. The van der Waals surface area contributed by atoms with E-state index in [4.69, 9.17) is 0 Å². The standard InChI is InChI=1S/C8H13NO/c10-9-6-2-1-3-7(9)8(6)4-5-8/h6-7,10H,1-5H2. The van der Waals surface area contributed by atoms with Gasteiger partial charge in [-0.05, 0) is 25.7 Å². The molecular weight excluding hydrogens is 126 g/mol. The lowest BCUT2D eigenvalue weighted by atomic mass is 9.69. The van der Waals surface area contributed by atoms with Crippen molar-refractivity contribution >= 4 is 0 Å². The summed E-state index contributed by atoms with van der Waals surface area (Å²) in [5.74, 6) is 0. The van der Waals surface area contributed by atoms with Crippen molar-refractivity contribution in [2.75, 3.05) is 0 Å². The Morgan fingerprint density at radius 1 is 1.20 bits per heavy atom. The average Bonchev–Trinajstić information content (AvgIpc) is 2.73. The smallest absolute Gasteiger partial charge is 0.0425 e. The number of hydroxylamine groups is 2. The zero-order valence-corrected chi connectivity index (χ0v) is 6.08. The topological polar surface area (TPSA) is 23.5 Å². The van der Waals surface area contributed by atoms with E-state index in [0.717, 1.165) is 0 Å². The molecule has 2 aliphatic heterocycles. The van der Waals surface area contributed by atoms with E-state index in [1.54, 1.807) is 5.06 Å². The Bertz CT molecular complexity index is 162. The summed E-state index contributed by atoms with van der Waals surface area (Å²) in [5, 5.41) is 11.1. The van der Waals surface area contributed by atoms with Crippen molar-refractivity contribution in [2.24, 2.45) is 5.41 Å². The lowest BCUT2D eigenvalue weighted by Crippen LogP contribution is -2.66. The van der Waals surface area contributed by atoms with Gasteiger partial charge in [-0.1, -0.05) is 6.42 Å². The van der Waals surface area contributed by atoms with Crippen LogP contribution in [0.1, 0.15) is 32.1 Å². The SMILES string of the molecule is ON1C2CCCC1C21CC1. The molecule has 1 saturated carbocycles. The zero-order chi connectivity index (χ0) is 6.77. The van der Waals surface area contributed by atoms with Gasteiger partial charge in [-0.15, -0.1) is 0 Å². The molecule has 2 unspecified atom stereocenters. The highest BCUT2D eigenvalue weighted by Gasteiger charge is 2.68. The highest BCUT2D eigenvalue weighted by molar-refractivity contribution is 5.18. The van der Waals surface area contributed by atoms with Crippen molar-refractivity contribution in [2.45, 2.75) is 44.2 Å². The van der Waals surface area contributed by atoms with Crippen molar-refractivity contribution in [3.8, 4) is 0 Å². The van der Waals surface area contributed by atoms with E-state index in [2.05, 4.69) is 0 Å². The molecule has 1 spiro atoms. The lowest BCUT2D eigenvalue weighted by Gasteiger charge is -2.56. The molecule has 0 aromatic rings. The van der Waals surface area contributed by atoms with Gasteiger partial charge in [-0.25, -0.2) is 0 Å². The van der Waals surface area contributed by atoms with E-state index >= 15 is 0 Å². The number of hydrogen-bond donors (Lipinski definition) is 1. The molecule has 2 heteroatoms. The van der Waals surface area contributed by atoms with Crippen molar-refractivity contribution in [3.05, 3.63) is 0 Å². The van der Waals surface area contributed by atoms with Crippen molar-refractivity contribution in [3.63, 3.8) is 0 Å². The molecule has 1 aliphatic carbocycles. The molecule has 3 fully saturated rings. The summed E-state index contributed by atoms with van der Waals surface area (Å²) in [5.41, 5.74) is 0.632. The third kappa shape index (κ3) is 0.397. The molecule has 56 valence electrons. The van der Waals surface area contributed by atoms with Crippen LogP contribution in [0.2, 0.25) is 0 Å². The molecule has 2 bridgehead atoms. The van der Waals surface area contributed by atoms with Gasteiger partial charge in [0.05, 0.1) is 0 Å². The maximum absolute atomic E-state index is 9.44. The minimum atomic E-state index is 0.561. The Balaban J connectivity index is 1.92. The van der Waals surface area contributed by atoms with E-state index < -0.39 is 0 Å². The fraction of sp³-hybridized carbons (Fsp3) is 1.00. The Hall–Kier alpha value is -0.0800. The molecule has 2 heterocycles. The van der Waals surface area contributed by atoms with Crippen LogP contribution in [0.3, 0.4) is 0 Å². The summed E-state index contributed by atoms with van der Waals surface area (Å²) in [6.07, 6.45) is 6.60. The molecule has 3 aliphatic rings. The van der Waals surface area contributed by atoms with Gasteiger partial charge in [-0.2, -0.15) is 5.06 Å². The first-order valence-corrected chi connectivity index (χ1v) is 4.32. The largest absolute Gasteiger partial charge is 0.313 e. The van der Waals surface area contributed by atoms with Gasteiger partial charge in [0.1, 0.15) is 0 Å². The molecule has 1 N–H and O–H groups in total. The minimum Gasteiger partial charge on any atom is -0.313 e. The Labute approximate surface area is 60.8 Å². The first kappa shape index (κ1) is 5.56. The lowest BCUT2D eigenvalue weighted by molar-refractivity contribution is -0.288. The molecule has 0 aromatic carbocycles. The second kappa shape index (κ2) is 1.41. The summed E-state index contributed by atoms with van der Waals surface area (Å²) >= 11 is 0. The van der Waals surface area contributed by atoms with Crippen LogP contribution in [0.15, 0.2) is 0 Å². The van der Waals surface area contributed by atoms with Gasteiger partial charge < -0.3 is 5.21 Å². The van der Waals surface area contributed by atoms with Crippen molar-refractivity contribution < 1.29 is 5.21 Å². The normalized spacial score (nSPS) is 48.9. The van der Waals surface area contributed by atoms with Gasteiger partial charge in [0.15, 0.2) is 0 Å². The predicted octanol–water partition coefficient (Wildman–Crippen LogP) is 1.39. The molecule has 2 atom stereocenters. The Morgan fingerprint density at radius 3 is 2.10 bits per heavy atom. The van der Waals surface area contributed by atoms with Crippen LogP contribution in [0.25, 0.3) is 0 Å². The van der Waals surface area contributed by atoms with Gasteiger partial charge in [0.25, 0.3) is 0 Å². The summed E-state index contributed by atoms with van der Waals surface area (Å²) in [4.78, 5) is 0. The molecule has 10 heavy (non-hydrogen) atoms. The molecule has 3 rings (SSSR count). The van der Waals surface area contributed by atoms with Crippen LogP contribution in [0, 0.1) is 5.41 Å². The fourth-order valence-electron chi connectivity index (χ4n) is 3.04. The number of fused-ring (bicyclic) bond motifs is 4. The summed E-state index contributed by atoms with van der Waals surface area (Å²) in [7, 11) is 0. The van der Waals surface area contributed by atoms with Gasteiger partial charge in [0.2, 0.25) is 0 Å². The predicted molar refractivity (Wildman–Crippen MR) is 36.7 cm³/mol. The molecular formula is C8H13NO. The van der Waals surface area contributed by atoms with Crippen LogP contribution in [0.5, 0.6) is 0 Å². The zero-order valence-electron chi connectivity index (χ0n) is 6.08. The quantitative estimate of drug-likeness (QED) is 0.548. The van der Waals surface area contributed by atoms with Crippen LogP contribution in [-0.2, 0) is 0 Å².